The SMILES string of the molecule is COC(=O)C12CC3CC(C1)C(C(=O)NC1(N)CC1)C(C3)C2.Cl. The number of halogens is 1. The molecule has 5 nitrogen and oxygen atoms in total. The van der Waals surface area contributed by atoms with E-state index < -0.39 is 5.66 Å². The molecule has 0 heterocycles. The molecular formula is C16H25ClN2O3. The number of hydrogen-bond acceptors (Lipinski definition) is 4. The molecule has 1 amide bonds. The van der Waals surface area contributed by atoms with Crippen LogP contribution in [0.2, 0.25) is 0 Å². The summed E-state index contributed by atoms with van der Waals surface area (Å²) in [7, 11) is 1.48. The van der Waals surface area contributed by atoms with Gasteiger partial charge in [-0.1, -0.05) is 0 Å². The first-order valence-corrected chi connectivity index (χ1v) is 8.14. The third-order valence-electron chi connectivity index (χ3n) is 6.36. The smallest absolute Gasteiger partial charge is 0.311 e. The van der Waals surface area contributed by atoms with Crippen molar-refractivity contribution in [1.29, 1.82) is 0 Å². The van der Waals surface area contributed by atoms with Crippen molar-refractivity contribution in [3.63, 3.8) is 0 Å². The predicted molar refractivity (Wildman–Crippen MR) is 83.0 cm³/mol. The van der Waals surface area contributed by atoms with Crippen molar-refractivity contribution in [2.45, 2.75) is 50.6 Å². The fourth-order valence-corrected chi connectivity index (χ4v) is 5.51. The Kier molecular flexibility index (Phi) is 3.72. The van der Waals surface area contributed by atoms with Gasteiger partial charge in [0, 0.05) is 5.92 Å². The summed E-state index contributed by atoms with van der Waals surface area (Å²) >= 11 is 0. The van der Waals surface area contributed by atoms with Gasteiger partial charge in [0.2, 0.25) is 5.91 Å². The van der Waals surface area contributed by atoms with E-state index in [1.54, 1.807) is 0 Å². The summed E-state index contributed by atoms with van der Waals surface area (Å²) in [5.41, 5.74) is 5.29. The highest BCUT2D eigenvalue weighted by atomic mass is 35.5. The predicted octanol–water partition coefficient (Wildman–Crippen LogP) is 1.59. The van der Waals surface area contributed by atoms with Crippen LogP contribution in [0.25, 0.3) is 0 Å². The van der Waals surface area contributed by atoms with Crippen LogP contribution in [-0.4, -0.2) is 24.6 Å². The summed E-state index contributed by atoms with van der Waals surface area (Å²) in [6.07, 6.45) is 6.55. The lowest BCUT2D eigenvalue weighted by atomic mass is 9.46. The number of amides is 1. The van der Waals surface area contributed by atoms with Gasteiger partial charge in [-0.2, -0.15) is 0 Å². The second kappa shape index (κ2) is 5.10. The van der Waals surface area contributed by atoms with Crippen LogP contribution in [0.1, 0.15) is 44.9 Å². The Bertz CT molecular complexity index is 490. The Morgan fingerprint density at radius 3 is 2.23 bits per heavy atom. The monoisotopic (exact) mass is 328 g/mol. The number of hydrogen-bond donors (Lipinski definition) is 2. The number of nitrogens with one attached hydrogen (secondary N) is 1. The molecule has 5 saturated carbocycles. The molecule has 3 N–H and O–H groups in total. The van der Waals surface area contributed by atoms with Gasteiger partial charge in [-0.3, -0.25) is 9.59 Å². The molecule has 6 heteroatoms. The van der Waals surface area contributed by atoms with Crippen LogP contribution in [0.5, 0.6) is 0 Å². The first-order chi connectivity index (χ1) is 9.95. The van der Waals surface area contributed by atoms with Crippen LogP contribution in [0.15, 0.2) is 0 Å². The van der Waals surface area contributed by atoms with Crippen molar-refractivity contribution < 1.29 is 14.3 Å². The quantitative estimate of drug-likeness (QED) is 0.609. The maximum absolute atomic E-state index is 12.6. The van der Waals surface area contributed by atoms with Gasteiger partial charge in [0.15, 0.2) is 0 Å². The summed E-state index contributed by atoms with van der Waals surface area (Å²) < 4.78 is 5.06. The normalized spacial score (nSPS) is 43.2. The Balaban J connectivity index is 0.00000144. The molecule has 0 spiro atoms. The molecule has 0 radical (unpaired) electrons. The summed E-state index contributed by atoms with van der Waals surface area (Å²) in [5, 5.41) is 3.04. The van der Waals surface area contributed by atoms with E-state index in [0.29, 0.717) is 17.8 Å². The van der Waals surface area contributed by atoms with E-state index in [0.717, 1.165) is 44.9 Å². The third kappa shape index (κ3) is 2.33. The Hall–Kier alpha value is -0.810. The minimum atomic E-state index is -0.439. The van der Waals surface area contributed by atoms with E-state index in [9.17, 15) is 9.59 Å². The van der Waals surface area contributed by atoms with Crippen molar-refractivity contribution in [3.05, 3.63) is 0 Å². The zero-order chi connectivity index (χ0) is 14.8. The number of methoxy groups -OCH3 is 1. The van der Waals surface area contributed by atoms with Crippen LogP contribution in [0, 0.1) is 29.1 Å². The van der Waals surface area contributed by atoms with Crippen LogP contribution < -0.4 is 11.1 Å². The molecule has 0 aliphatic heterocycles. The van der Waals surface area contributed by atoms with Gasteiger partial charge in [-0.15, -0.1) is 12.4 Å². The average Bonchev–Trinajstić information content (AvgIpc) is 3.13. The molecule has 124 valence electrons. The minimum Gasteiger partial charge on any atom is -0.469 e. The molecule has 5 fully saturated rings. The Labute approximate surface area is 137 Å². The number of carbonyl (C=O) groups excluding carboxylic acids is 2. The molecule has 0 aromatic heterocycles. The number of ether oxygens (including phenoxy) is 1. The van der Waals surface area contributed by atoms with E-state index in [1.165, 1.54) is 7.11 Å². The van der Waals surface area contributed by atoms with E-state index in [-0.39, 0.29) is 35.6 Å². The first-order valence-electron chi connectivity index (χ1n) is 8.14. The van der Waals surface area contributed by atoms with Crippen molar-refractivity contribution in [2.24, 2.45) is 34.8 Å². The number of esters is 1. The van der Waals surface area contributed by atoms with Gasteiger partial charge >= 0.3 is 5.97 Å². The lowest BCUT2D eigenvalue weighted by molar-refractivity contribution is -0.177. The summed E-state index contributed by atoms with van der Waals surface area (Å²) in [4.78, 5) is 24.9. The molecule has 22 heavy (non-hydrogen) atoms. The van der Waals surface area contributed by atoms with E-state index in [4.69, 9.17) is 10.5 Å². The molecule has 5 rings (SSSR count). The molecule has 2 unspecified atom stereocenters. The molecule has 0 aromatic carbocycles. The second-order valence-corrected chi connectivity index (χ2v) is 7.91. The van der Waals surface area contributed by atoms with E-state index in [2.05, 4.69) is 5.32 Å². The Morgan fingerprint density at radius 2 is 1.73 bits per heavy atom. The maximum atomic E-state index is 12.6. The van der Waals surface area contributed by atoms with Crippen LogP contribution in [-0.2, 0) is 14.3 Å². The third-order valence-corrected chi connectivity index (χ3v) is 6.36. The van der Waals surface area contributed by atoms with Crippen LogP contribution in [0.4, 0.5) is 0 Å². The topological polar surface area (TPSA) is 81.4 Å². The molecule has 2 atom stereocenters. The van der Waals surface area contributed by atoms with Gasteiger partial charge in [0.25, 0.3) is 0 Å². The van der Waals surface area contributed by atoms with Gasteiger partial charge in [0.05, 0.1) is 18.2 Å². The standard InChI is InChI=1S/C16H24N2O3.ClH/c1-21-14(20)15-6-9-4-10(7-15)12(11(5-9)8-15)13(19)18-16(17)2-3-16;/h9-12H,2-8,17H2,1H3,(H,18,19);1H. The minimum absolute atomic E-state index is 0. The maximum Gasteiger partial charge on any atom is 0.311 e. The highest BCUT2D eigenvalue weighted by molar-refractivity contribution is 5.85. The zero-order valence-corrected chi connectivity index (χ0v) is 13.8. The highest BCUT2D eigenvalue weighted by Crippen LogP contribution is 2.62. The molecule has 0 aromatic rings. The highest BCUT2D eigenvalue weighted by Gasteiger charge is 2.61. The second-order valence-electron chi connectivity index (χ2n) is 7.91. The largest absolute Gasteiger partial charge is 0.469 e. The van der Waals surface area contributed by atoms with Crippen molar-refractivity contribution in [3.8, 4) is 0 Å². The van der Waals surface area contributed by atoms with E-state index >= 15 is 0 Å². The number of rotatable bonds is 3. The fourth-order valence-electron chi connectivity index (χ4n) is 5.51. The number of nitrogens with two attached hydrogens (primary N) is 1. The van der Waals surface area contributed by atoms with Gasteiger partial charge in [-0.05, 0) is 62.7 Å². The van der Waals surface area contributed by atoms with Crippen molar-refractivity contribution in [2.75, 3.05) is 7.11 Å². The molecule has 5 aliphatic carbocycles. The summed E-state index contributed by atoms with van der Waals surface area (Å²) in [6.45, 7) is 0. The molecule has 4 bridgehead atoms. The van der Waals surface area contributed by atoms with Crippen molar-refractivity contribution in [1.82, 2.24) is 5.32 Å². The van der Waals surface area contributed by atoms with Gasteiger partial charge in [0.1, 0.15) is 0 Å². The summed E-state index contributed by atoms with van der Waals surface area (Å²) in [5.74, 6) is 1.39. The average molecular weight is 329 g/mol. The fraction of sp³-hybridized carbons (Fsp3) is 0.875. The molecular weight excluding hydrogens is 304 g/mol. The molecule has 0 saturated heterocycles. The lowest BCUT2D eigenvalue weighted by Crippen LogP contribution is -2.59. The van der Waals surface area contributed by atoms with Gasteiger partial charge in [-0.25, -0.2) is 0 Å². The van der Waals surface area contributed by atoms with Gasteiger partial charge < -0.3 is 15.8 Å². The van der Waals surface area contributed by atoms with Crippen LogP contribution in [0.3, 0.4) is 0 Å². The Morgan fingerprint density at radius 1 is 1.14 bits per heavy atom. The summed E-state index contributed by atoms with van der Waals surface area (Å²) in [6, 6.07) is 0. The first kappa shape index (κ1) is 16.1. The zero-order valence-electron chi connectivity index (χ0n) is 13.0. The van der Waals surface area contributed by atoms with E-state index in [1.807, 2.05) is 0 Å². The number of carbonyl (C=O) groups is 2. The van der Waals surface area contributed by atoms with Crippen molar-refractivity contribution >= 4 is 24.3 Å². The molecule has 5 aliphatic rings. The van der Waals surface area contributed by atoms with Crippen LogP contribution >= 0.6 is 12.4 Å². The lowest BCUT2D eigenvalue weighted by Gasteiger charge is -2.58.